The Morgan fingerprint density at radius 1 is 1.27 bits per heavy atom. The third-order valence-electron chi connectivity index (χ3n) is 5.13. The fourth-order valence-corrected chi connectivity index (χ4v) is 3.48. The molecule has 134 valence electrons. The Balaban J connectivity index is 1.72. The van der Waals surface area contributed by atoms with Crippen LogP contribution in [0.2, 0.25) is 0 Å². The number of hydrogen-bond donors (Lipinski definition) is 1. The number of ether oxygens (including phenoxy) is 1. The van der Waals surface area contributed by atoms with Crippen molar-refractivity contribution in [3.63, 3.8) is 0 Å². The molecule has 1 fully saturated rings. The molecule has 1 unspecified atom stereocenters. The van der Waals surface area contributed by atoms with Crippen LogP contribution in [0.15, 0.2) is 36.7 Å². The van der Waals surface area contributed by atoms with E-state index in [2.05, 4.69) is 45.8 Å². The second-order valence-corrected chi connectivity index (χ2v) is 6.75. The Morgan fingerprint density at radius 3 is 2.81 bits per heavy atom. The molecule has 4 rings (SSSR count). The van der Waals surface area contributed by atoms with Crippen molar-refractivity contribution in [1.82, 2.24) is 14.5 Å². The molecule has 1 aliphatic rings. The predicted octanol–water partition coefficient (Wildman–Crippen LogP) is 3.07. The second kappa shape index (κ2) is 6.88. The van der Waals surface area contributed by atoms with Gasteiger partial charge in [-0.15, -0.1) is 0 Å². The summed E-state index contributed by atoms with van der Waals surface area (Å²) in [5.74, 6) is 0.447. The fourth-order valence-electron chi connectivity index (χ4n) is 3.48. The van der Waals surface area contributed by atoms with E-state index in [9.17, 15) is 4.79 Å². The lowest BCUT2D eigenvalue weighted by Crippen LogP contribution is -2.23. The number of carbonyl (C=O) groups is 1. The van der Waals surface area contributed by atoms with Crippen molar-refractivity contribution < 1.29 is 9.53 Å². The smallest absolute Gasteiger partial charge is 0.231 e. The van der Waals surface area contributed by atoms with Crippen molar-refractivity contribution in [2.45, 2.75) is 26.8 Å². The lowest BCUT2D eigenvalue weighted by Gasteiger charge is -2.10. The van der Waals surface area contributed by atoms with Gasteiger partial charge in [0.25, 0.3) is 0 Å². The number of anilines is 1. The van der Waals surface area contributed by atoms with Gasteiger partial charge in [-0.25, -0.2) is 9.97 Å². The maximum absolute atomic E-state index is 12.5. The molecule has 6 nitrogen and oxygen atoms in total. The Bertz CT molecular complexity index is 943. The molecular formula is C20H22N4O2. The molecule has 1 atom stereocenters. The minimum absolute atomic E-state index is 0.0321. The van der Waals surface area contributed by atoms with Gasteiger partial charge >= 0.3 is 0 Å². The molecule has 2 aromatic heterocycles. The van der Waals surface area contributed by atoms with Crippen LogP contribution in [0.4, 0.5) is 5.82 Å². The number of benzene rings is 1. The van der Waals surface area contributed by atoms with E-state index in [0.29, 0.717) is 19.0 Å². The van der Waals surface area contributed by atoms with E-state index in [1.807, 2.05) is 18.2 Å². The van der Waals surface area contributed by atoms with E-state index < -0.39 is 0 Å². The van der Waals surface area contributed by atoms with E-state index in [1.165, 1.54) is 11.9 Å². The fraction of sp³-hybridized carbons (Fsp3) is 0.350. The summed E-state index contributed by atoms with van der Waals surface area (Å²) >= 11 is 0. The SMILES string of the molecule is Cc1c(C)n(Cc2ccccc2)c2ncnc(NC(=O)C3CCOC3)c12. The molecule has 3 heterocycles. The lowest BCUT2D eigenvalue weighted by molar-refractivity contribution is -0.119. The molecule has 0 aliphatic carbocycles. The normalized spacial score (nSPS) is 16.9. The zero-order valence-electron chi connectivity index (χ0n) is 15.0. The van der Waals surface area contributed by atoms with Crippen molar-refractivity contribution in [3.05, 3.63) is 53.5 Å². The van der Waals surface area contributed by atoms with Crippen molar-refractivity contribution in [1.29, 1.82) is 0 Å². The first-order chi connectivity index (χ1) is 12.6. The number of nitrogens with one attached hydrogen (secondary N) is 1. The average Bonchev–Trinajstić information content (AvgIpc) is 3.27. The predicted molar refractivity (Wildman–Crippen MR) is 100 cm³/mol. The molecule has 0 radical (unpaired) electrons. The van der Waals surface area contributed by atoms with Gasteiger partial charge in [0, 0.05) is 18.8 Å². The van der Waals surface area contributed by atoms with Gasteiger partial charge in [0.1, 0.15) is 17.8 Å². The van der Waals surface area contributed by atoms with Crippen LogP contribution in [0.5, 0.6) is 0 Å². The summed E-state index contributed by atoms with van der Waals surface area (Å²) in [6.45, 7) is 5.99. The van der Waals surface area contributed by atoms with Gasteiger partial charge in [-0.05, 0) is 31.4 Å². The molecule has 1 aromatic carbocycles. The Kier molecular flexibility index (Phi) is 4.42. The largest absolute Gasteiger partial charge is 0.381 e. The molecule has 0 bridgehead atoms. The Labute approximate surface area is 152 Å². The van der Waals surface area contributed by atoms with E-state index in [0.717, 1.165) is 35.3 Å². The summed E-state index contributed by atoms with van der Waals surface area (Å²) in [6.07, 6.45) is 2.27. The number of carbonyl (C=O) groups excluding carboxylic acids is 1. The van der Waals surface area contributed by atoms with Gasteiger partial charge in [0.15, 0.2) is 0 Å². The summed E-state index contributed by atoms with van der Waals surface area (Å²) in [4.78, 5) is 21.3. The summed E-state index contributed by atoms with van der Waals surface area (Å²) < 4.78 is 7.50. The first-order valence-corrected chi connectivity index (χ1v) is 8.88. The van der Waals surface area contributed by atoms with Crippen LogP contribution in [0.3, 0.4) is 0 Å². The molecule has 26 heavy (non-hydrogen) atoms. The number of aryl methyl sites for hydroxylation is 1. The molecule has 6 heteroatoms. The van der Waals surface area contributed by atoms with Crippen LogP contribution >= 0.6 is 0 Å². The van der Waals surface area contributed by atoms with E-state index in [1.54, 1.807) is 0 Å². The number of fused-ring (bicyclic) bond motifs is 1. The molecule has 1 aliphatic heterocycles. The van der Waals surface area contributed by atoms with Gasteiger partial charge in [-0.3, -0.25) is 4.79 Å². The van der Waals surface area contributed by atoms with Gasteiger partial charge in [0.05, 0.1) is 17.9 Å². The number of amides is 1. The monoisotopic (exact) mass is 350 g/mol. The first kappa shape index (κ1) is 16.7. The van der Waals surface area contributed by atoms with Gasteiger partial charge in [0.2, 0.25) is 5.91 Å². The van der Waals surface area contributed by atoms with Gasteiger partial charge in [-0.1, -0.05) is 30.3 Å². The van der Waals surface area contributed by atoms with Crippen LogP contribution in [0.1, 0.15) is 23.2 Å². The van der Waals surface area contributed by atoms with E-state index in [4.69, 9.17) is 4.74 Å². The Morgan fingerprint density at radius 2 is 2.08 bits per heavy atom. The highest BCUT2D eigenvalue weighted by Gasteiger charge is 2.25. The summed E-state index contributed by atoms with van der Waals surface area (Å²) in [7, 11) is 0. The molecule has 0 spiro atoms. The molecule has 1 saturated heterocycles. The van der Waals surface area contributed by atoms with Crippen molar-refractivity contribution in [2.75, 3.05) is 18.5 Å². The third kappa shape index (κ3) is 2.97. The average molecular weight is 350 g/mol. The molecular weight excluding hydrogens is 328 g/mol. The van der Waals surface area contributed by atoms with Crippen molar-refractivity contribution in [2.24, 2.45) is 5.92 Å². The molecule has 1 N–H and O–H groups in total. The van der Waals surface area contributed by atoms with Crippen molar-refractivity contribution in [3.8, 4) is 0 Å². The number of nitrogens with zero attached hydrogens (tertiary/aromatic N) is 3. The van der Waals surface area contributed by atoms with Crippen LogP contribution in [0, 0.1) is 19.8 Å². The topological polar surface area (TPSA) is 69.0 Å². The maximum Gasteiger partial charge on any atom is 0.231 e. The summed E-state index contributed by atoms with van der Waals surface area (Å²) in [5.41, 5.74) is 4.27. The molecule has 3 aromatic rings. The van der Waals surface area contributed by atoms with E-state index >= 15 is 0 Å². The highest BCUT2D eigenvalue weighted by molar-refractivity contribution is 6.01. The van der Waals surface area contributed by atoms with Crippen LogP contribution in [0.25, 0.3) is 11.0 Å². The summed E-state index contributed by atoms with van der Waals surface area (Å²) in [6, 6.07) is 10.3. The number of aromatic nitrogens is 3. The quantitative estimate of drug-likeness (QED) is 0.785. The minimum Gasteiger partial charge on any atom is -0.381 e. The van der Waals surface area contributed by atoms with Crippen molar-refractivity contribution >= 4 is 22.8 Å². The zero-order valence-corrected chi connectivity index (χ0v) is 15.0. The van der Waals surface area contributed by atoms with Gasteiger partial charge < -0.3 is 14.6 Å². The number of rotatable bonds is 4. The van der Waals surface area contributed by atoms with Gasteiger partial charge in [-0.2, -0.15) is 0 Å². The highest BCUT2D eigenvalue weighted by Crippen LogP contribution is 2.30. The first-order valence-electron chi connectivity index (χ1n) is 8.88. The van der Waals surface area contributed by atoms with Crippen LogP contribution in [-0.4, -0.2) is 33.7 Å². The standard InChI is InChI=1S/C20H22N4O2/c1-13-14(2)24(10-15-6-4-3-5-7-15)19-17(13)18(21-12-22-19)23-20(25)16-8-9-26-11-16/h3-7,12,16H,8-11H2,1-2H3,(H,21,22,23,25). The second-order valence-electron chi connectivity index (χ2n) is 6.75. The highest BCUT2D eigenvalue weighted by atomic mass is 16.5. The molecule has 0 saturated carbocycles. The third-order valence-corrected chi connectivity index (χ3v) is 5.13. The number of hydrogen-bond acceptors (Lipinski definition) is 4. The zero-order chi connectivity index (χ0) is 18.1. The lowest BCUT2D eigenvalue weighted by atomic mass is 10.1. The maximum atomic E-state index is 12.5. The van der Waals surface area contributed by atoms with E-state index in [-0.39, 0.29) is 11.8 Å². The molecule has 1 amide bonds. The minimum atomic E-state index is -0.104. The summed E-state index contributed by atoms with van der Waals surface area (Å²) in [5, 5.41) is 3.90. The Hall–Kier alpha value is -2.73. The van der Waals surface area contributed by atoms with Crippen LogP contribution in [-0.2, 0) is 16.1 Å². The van der Waals surface area contributed by atoms with Crippen LogP contribution < -0.4 is 5.32 Å².